The van der Waals surface area contributed by atoms with Gasteiger partial charge in [0, 0.05) is 53.0 Å². The molecular weight excluding hydrogens is 531 g/mol. The van der Waals surface area contributed by atoms with Crippen LogP contribution in [-0.4, -0.2) is 20.1 Å². The summed E-state index contributed by atoms with van der Waals surface area (Å²) >= 11 is 0. The van der Waals surface area contributed by atoms with Crippen molar-refractivity contribution >= 4 is 45.9 Å². The third-order valence-electron chi connectivity index (χ3n) is 8.66. The molecule has 0 fully saturated rings. The molecule has 9 rings (SSSR count). The molecule has 0 aromatic heterocycles. The fourth-order valence-corrected chi connectivity index (χ4v) is 6.52. The fourth-order valence-electron chi connectivity index (χ4n) is 6.52. The summed E-state index contributed by atoms with van der Waals surface area (Å²) in [5, 5.41) is 0. The van der Waals surface area contributed by atoms with Crippen molar-refractivity contribution in [3.05, 3.63) is 140 Å². The van der Waals surface area contributed by atoms with Gasteiger partial charge in [0.15, 0.2) is 0 Å². The molecule has 0 saturated carbocycles. The van der Waals surface area contributed by atoms with E-state index in [-0.39, 0.29) is 6.71 Å². The lowest BCUT2D eigenvalue weighted by Gasteiger charge is -2.34. The lowest BCUT2D eigenvalue weighted by Crippen LogP contribution is -2.57. The number of anilines is 4. The van der Waals surface area contributed by atoms with E-state index in [1.807, 2.05) is 30.3 Å². The Labute approximate surface area is 251 Å². The van der Waals surface area contributed by atoms with E-state index in [0.29, 0.717) is 0 Å². The standard InChI is InChI=1S/C36H27BN4O2/c1-3-8-26(9-4-1)38-18-20-40(24-38)28-14-16-32-30(22-28)37-31-23-29(41-21-19-39(25-41)27-10-5-2-6-11-27)15-17-33(31)43-35-13-7-12-34(42-32)36(35)37/h1-23H,24-25H2. The number of nitrogens with zero attached hydrogens (tertiary/aromatic N) is 4. The van der Waals surface area contributed by atoms with Crippen LogP contribution in [0.5, 0.6) is 23.0 Å². The topological polar surface area (TPSA) is 31.4 Å². The highest BCUT2D eigenvalue weighted by molar-refractivity contribution is 6.98. The maximum absolute atomic E-state index is 6.49. The quantitative estimate of drug-likeness (QED) is 0.249. The third-order valence-corrected chi connectivity index (χ3v) is 8.66. The Balaban J connectivity index is 1.08. The highest BCUT2D eigenvalue weighted by Gasteiger charge is 2.40. The van der Waals surface area contributed by atoms with Crippen LogP contribution in [0.25, 0.3) is 0 Å². The second-order valence-corrected chi connectivity index (χ2v) is 11.2. The Hall–Kier alpha value is -5.56. The number of benzene rings is 5. The molecule has 0 unspecified atom stereocenters. The van der Waals surface area contributed by atoms with Gasteiger partial charge in [-0.15, -0.1) is 0 Å². The van der Waals surface area contributed by atoms with Crippen molar-refractivity contribution in [3.8, 4) is 23.0 Å². The van der Waals surface area contributed by atoms with E-state index in [2.05, 4.69) is 129 Å². The highest BCUT2D eigenvalue weighted by Crippen LogP contribution is 2.37. The molecule has 0 amide bonds. The molecule has 0 spiro atoms. The Morgan fingerprint density at radius 3 is 1.33 bits per heavy atom. The lowest BCUT2D eigenvalue weighted by atomic mass is 9.35. The van der Waals surface area contributed by atoms with Crippen molar-refractivity contribution in [2.24, 2.45) is 0 Å². The van der Waals surface area contributed by atoms with Crippen LogP contribution in [0.1, 0.15) is 0 Å². The summed E-state index contributed by atoms with van der Waals surface area (Å²) in [6.45, 7) is 1.49. The minimum atomic E-state index is -0.00721. The minimum Gasteiger partial charge on any atom is -0.458 e. The molecule has 0 atom stereocenters. The van der Waals surface area contributed by atoms with Crippen LogP contribution in [0.15, 0.2) is 140 Å². The number of rotatable bonds is 4. The van der Waals surface area contributed by atoms with Gasteiger partial charge in [-0.3, -0.25) is 0 Å². The molecule has 4 aliphatic rings. The first-order chi connectivity index (χ1) is 21.3. The molecule has 5 aromatic rings. The van der Waals surface area contributed by atoms with Crippen molar-refractivity contribution in [2.75, 3.05) is 32.9 Å². The molecule has 0 N–H and O–H groups in total. The summed E-state index contributed by atoms with van der Waals surface area (Å²) in [7, 11) is 0. The molecule has 5 aromatic carbocycles. The van der Waals surface area contributed by atoms with E-state index in [4.69, 9.17) is 9.47 Å². The van der Waals surface area contributed by atoms with Gasteiger partial charge in [0.05, 0.1) is 13.3 Å². The Morgan fingerprint density at radius 2 is 0.860 bits per heavy atom. The number of ether oxygens (including phenoxy) is 2. The van der Waals surface area contributed by atoms with Crippen LogP contribution in [0, 0.1) is 0 Å². The van der Waals surface area contributed by atoms with Crippen LogP contribution in [0.3, 0.4) is 0 Å². The number of hydrogen-bond acceptors (Lipinski definition) is 6. The SMILES string of the molecule is C1=CN(c2ccc3c(c2)B2c4cc(N5C=CN(c6ccccc6)C5)ccc4Oc4cccc(c42)O3)CN1c1ccccc1. The number of fused-ring (bicyclic) bond motifs is 4. The monoisotopic (exact) mass is 558 g/mol. The Morgan fingerprint density at radius 1 is 0.419 bits per heavy atom. The second kappa shape index (κ2) is 9.49. The number of hydrogen-bond donors (Lipinski definition) is 0. The zero-order chi connectivity index (χ0) is 28.3. The molecule has 0 saturated heterocycles. The van der Waals surface area contributed by atoms with Gasteiger partial charge in [0.1, 0.15) is 23.0 Å². The van der Waals surface area contributed by atoms with Crippen LogP contribution in [-0.2, 0) is 0 Å². The average Bonchev–Trinajstić information content (AvgIpc) is 3.77. The van der Waals surface area contributed by atoms with E-state index >= 15 is 0 Å². The zero-order valence-electron chi connectivity index (χ0n) is 23.4. The Kier molecular flexibility index (Phi) is 5.32. The zero-order valence-corrected chi connectivity index (χ0v) is 23.4. The molecule has 4 heterocycles. The summed E-state index contributed by atoms with van der Waals surface area (Å²) in [6.07, 6.45) is 8.56. The van der Waals surface area contributed by atoms with Gasteiger partial charge in [0.2, 0.25) is 0 Å². The third kappa shape index (κ3) is 3.96. The van der Waals surface area contributed by atoms with E-state index < -0.39 is 0 Å². The van der Waals surface area contributed by atoms with Gasteiger partial charge in [-0.25, -0.2) is 0 Å². The molecule has 0 radical (unpaired) electrons. The summed E-state index contributed by atoms with van der Waals surface area (Å²) in [5.74, 6) is 3.48. The van der Waals surface area contributed by atoms with E-state index in [0.717, 1.165) is 64.1 Å². The summed E-state index contributed by atoms with van der Waals surface area (Å²) in [5.41, 5.74) is 7.98. The van der Waals surface area contributed by atoms with Crippen LogP contribution >= 0.6 is 0 Å². The van der Waals surface area contributed by atoms with Crippen molar-refractivity contribution in [1.82, 2.24) is 0 Å². The maximum atomic E-state index is 6.49. The molecule has 7 heteroatoms. The van der Waals surface area contributed by atoms with Gasteiger partial charge in [-0.05, 0) is 83.7 Å². The van der Waals surface area contributed by atoms with Crippen LogP contribution < -0.4 is 45.5 Å². The van der Waals surface area contributed by atoms with Crippen LogP contribution in [0.2, 0.25) is 0 Å². The van der Waals surface area contributed by atoms with Crippen molar-refractivity contribution < 1.29 is 9.47 Å². The number of para-hydroxylation sites is 2. The van der Waals surface area contributed by atoms with Gasteiger partial charge in [-0.2, -0.15) is 0 Å². The van der Waals surface area contributed by atoms with Gasteiger partial charge < -0.3 is 29.1 Å². The molecule has 43 heavy (non-hydrogen) atoms. The van der Waals surface area contributed by atoms with Gasteiger partial charge in [-0.1, -0.05) is 42.5 Å². The molecule has 206 valence electrons. The summed E-state index contributed by atoms with van der Waals surface area (Å²) < 4.78 is 13.0. The van der Waals surface area contributed by atoms with Crippen molar-refractivity contribution in [1.29, 1.82) is 0 Å². The second-order valence-electron chi connectivity index (χ2n) is 11.2. The maximum Gasteiger partial charge on any atom is 0.260 e. The van der Waals surface area contributed by atoms with E-state index in [1.54, 1.807) is 0 Å². The summed E-state index contributed by atoms with van der Waals surface area (Å²) in [6, 6.07) is 40.1. The van der Waals surface area contributed by atoms with Gasteiger partial charge >= 0.3 is 0 Å². The van der Waals surface area contributed by atoms with Gasteiger partial charge in [0.25, 0.3) is 6.71 Å². The van der Waals surface area contributed by atoms with Crippen molar-refractivity contribution in [3.63, 3.8) is 0 Å². The molecule has 0 aliphatic carbocycles. The average molecular weight is 558 g/mol. The predicted octanol–water partition coefficient (Wildman–Crippen LogP) is 5.92. The smallest absolute Gasteiger partial charge is 0.260 e. The molecular formula is C36H27BN4O2. The Bertz CT molecular complexity index is 1790. The van der Waals surface area contributed by atoms with E-state index in [1.165, 1.54) is 11.4 Å². The predicted molar refractivity (Wildman–Crippen MR) is 175 cm³/mol. The molecule has 4 aliphatic heterocycles. The highest BCUT2D eigenvalue weighted by atomic mass is 16.5. The first-order valence-corrected chi connectivity index (χ1v) is 14.6. The van der Waals surface area contributed by atoms with E-state index in [9.17, 15) is 0 Å². The largest absolute Gasteiger partial charge is 0.458 e. The first kappa shape index (κ1) is 24.1. The molecule has 6 nitrogen and oxygen atoms in total. The normalized spacial score (nSPS) is 15.7. The molecule has 0 bridgehead atoms. The minimum absolute atomic E-state index is 0.00721. The fraction of sp³-hybridized carbons (Fsp3) is 0.0556. The van der Waals surface area contributed by atoms with Crippen LogP contribution in [0.4, 0.5) is 22.7 Å². The first-order valence-electron chi connectivity index (χ1n) is 14.6. The van der Waals surface area contributed by atoms with Crippen molar-refractivity contribution in [2.45, 2.75) is 0 Å². The summed E-state index contributed by atoms with van der Waals surface area (Å²) in [4.78, 5) is 9.06. The lowest BCUT2D eigenvalue weighted by molar-refractivity contribution is 0.464.